The standard InChI is InChI=1S/C18H20ClNO/c1-12-9-14(3)18(16(19)10-12)20-17(21)11-13(2)15-7-5-4-6-8-15/h4-10,13H,11H2,1-3H3,(H,20,21). The number of carbonyl (C=O) groups is 1. The van der Waals surface area contributed by atoms with Crippen molar-refractivity contribution in [1.82, 2.24) is 0 Å². The first-order valence-electron chi connectivity index (χ1n) is 7.09. The second-order valence-corrected chi connectivity index (χ2v) is 5.91. The van der Waals surface area contributed by atoms with Gasteiger partial charge in [0.05, 0.1) is 10.7 Å². The Hall–Kier alpha value is -1.80. The lowest BCUT2D eigenvalue weighted by molar-refractivity contribution is -0.116. The van der Waals surface area contributed by atoms with Gasteiger partial charge in [-0.1, -0.05) is 54.9 Å². The van der Waals surface area contributed by atoms with Crippen LogP contribution in [0.5, 0.6) is 0 Å². The van der Waals surface area contributed by atoms with Crippen molar-refractivity contribution in [2.24, 2.45) is 0 Å². The number of amides is 1. The maximum Gasteiger partial charge on any atom is 0.225 e. The Morgan fingerprint density at radius 3 is 2.48 bits per heavy atom. The summed E-state index contributed by atoms with van der Waals surface area (Å²) in [6.45, 7) is 6.00. The molecule has 0 spiro atoms. The van der Waals surface area contributed by atoms with E-state index in [1.807, 2.05) is 56.3 Å². The molecule has 110 valence electrons. The summed E-state index contributed by atoms with van der Waals surface area (Å²) >= 11 is 6.22. The molecule has 0 saturated heterocycles. The van der Waals surface area contributed by atoms with E-state index >= 15 is 0 Å². The lowest BCUT2D eigenvalue weighted by Gasteiger charge is -2.14. The van der Waals surface area contributed by atoms with Crippen LogP contribution in [0.15, 0.2) is 42.5 Å². The van der Waals surface area contributed by atoms with Gasteiger partial charge in [-0.05, 0) is 42.5 Å². The molecule has 1 unspecified atom stereocenters. The first-order chi connectivity index (χ1) is 9.97. The van der Waals surface area contributed by atoms with Crippen molar-refractivity contribution in [2.75, 3.05) is 5.32 Å². The fourth-order valence-corrected chi connectivity index (χ4v) is 2.81. The molecule has 1 N–H and O–H groups in total. The van der Waals surface area contributed by atoms with Crippen LogP contribution in [0.2, 0.25) is 5.02 Å². The van der Waals surface area contributed by atoms with Crippen LogP contribution in [0.3, 0.4) is 0 Å². The molecule has 0 aliphatic carbocycles. The minimum Gasteiger partial charge on any atom is -0.325 e. The lowest BCUT2D eigenvalue weighted by atomic mass is 9.97. The number of benzene rings is 2. The van der Waals surface area contributed by atoms with Crippen molar-refractivity contribution in [3.05, 3.63) is 64.2 Å². The Morgan fingerprint density at radius 1 is 1.19 bits per heavy atom. The van der Waals surface area contributed by atoms with Gasteiger partial charge in [-0.25, -0.2) is 0 Å². The van der Waals surface area contributed by atoms with E-state index < -0.39 is 0 Å². The molecule has 2 nitrogen and oxygen atoms in total. The predicted molar refractivity (Wildman–Crippen MR) is 89.0 cm³/mol. The maximum atomic E-state index is 12.2. The zero-order valence-electron chi connectivity index (χ0n) is 12.6. The van der Waals surface area contributed by atoms with Gasteiger partial charge in [0, 0.05) is 6.42 Å². The van der Waals surface area contributed by atoms with E-state index in [1.54, 1.807) is 0 Å². The molecular formula is C18H20ClNO. The van der Waals surface area contributed by atoms with Gasteiger partial charge in [-0.2, -0.15) is 0 Å². The van der Waals surface area contributed by atoms with Crippen molar-refractivity contribution in [3.63, 3.8) is 0 Å². The van der Waals surface area contributed by atoms with Crippen molar-refractivity contribution in [1.29, 1.82) is 0 Å². The smallest absolute Gasteiger partial charge is 0.225 e. The van der Waals surface area contributed by atoms with Gasteiger partial charge >= 0.3 is 0 Å². The number of carbonyl (C=O) groups excluding carboxylic acids is 1. The molecule has 2 rings (SSSR count). The Balaban J connectivity index is 2.06. The van der Waals surface area contributed by atoms with E-state index in [1.165, 1.54) is 5.56 Å². The van der Waals surface area contributed by atoms with Gasteiger partial charge in [-0.15, -0.1) is 0 Å². The monoisotopic (exact) mass is 301 g/mol. The molecule has 1 amide bonds. The number of anilines is 1. The van der Waals surface area contributed by atoms with Gasteiger partial charge < -0.3 is 5.32 Å². The summed E-state index contributed by atoms with van der Waals surface area (Å²) in [5, 5.41) is 3.53. The van der Waals surface area contributed by atoms with Gasteiger partial charge in [0.25, 0.3) is 0 Å². The Morgan fingerprint density at radius 2 is 1.86 bits per heavy atom. The second kappa shape index (κ2) is 6.77. The molecule has 0 radical (unpaired) electrons. The molecule has 0 aromatic heterocycles. The highest BCUT2D eigenvalue weighted by molar-refractivity contribution is 6.34. The zero-order valence-corrected chi connectivity index (χ0v) is 13.4. The van der Waals surface area contributed by atoms with Crippen LogP contribution in [-0.4, -0.2) is 5.91 Å². The van der Waals surface area contributed by atoms with E-state index in [0.717, 1.165) is 11.1 Å². The Labute approximate surface area is 131 Å². The van der Waals surface area contributed by atoms with E-state index in [2.05, 4.69) is 12.2 Å². The fourth-order valence-electron chi connectivity index (χ4n) is 2.44. The third-order valence-electron chi connectivity index (χ3n) is 3.56. The van der Waals surface area contributed by atoms with Crippen molar-refractivity contribution >= 4 is 23.2 Å². The second-order valence-electron chi connectivity index (χ2n) is 5.50. The normalized spacial score (nSPS) is 12.0. The van der Waals surface area contributed by atoms with Gasteiger partial charge in [-0.3, -0.25) is 4.79 Å². The maximum absolute atomic E-state index is 12.2. The molecule has 0 fully saturated rings. The van der Waals surface area contributed by atoms with Crippen LogP contribution >= 0.6 is 11.6 Å². The molecule has 3 heteroatoms. The zero-order chi connectivity index (χ0) is 15.4. The third-order valence-corrected chi connectivity index (χ3v) is 3.85. The van der Waals surface area contributed by atoms with Crippen LogP contribution in [0.25, 0.3) is 0 Å². The van der Waals surface area contributed by atoms with E-state index in [9.17, 15) is 4.79 Å². The summed E-state index contributed by atoms with van der Waals surface area (Å²) in [6, 6.07) is 13.9. The molecule has 0 aliphatic rings. The fraction of sp³-hybridized carbons (Fsp3) is 0.278. The van der Waals surface area contributed by atoms with Crippen LogP contribution in [0.1, 0.15) is 36.0 Å². The molecule has 0 aliphatic heterocycles. The lowest BCUT2D eigenvalue weighted by Crippen LogP contribution is -2.15. The van der Waals surface area contributed by atoms with Gasteiger partial charge in [0.2, 0.25) is 5.91 Å². The summed E-state index contributed by atoms with van der Waals surface area (Å²) < 4.78 is 0. The SMILES string of the molecule is Cc1cc(C)c(NC(=O)CC(C)c2ccccc2)c(Cl)c1. The van der Waals surface area contributed by atoms with E-state index in [-0.39, 0.29) is 11.8 Å². The summed E-state index contributed by atoms with van der Waals surface area (Å²) in [5.74, 6) is 0.163. The molecule has 0 saturated carbocycles. The van der Waals surface area contributed by atoms with E-state index in [0.29, 0.717) is 17.1 Å². The summed E-state index contributed by atoms with van der Waals surface area (Å²) in [7, 11) is 0. The first-order valence-corrected chi connectivity index (χ1v) is 7.46. The Kier molecular flexibility index (Phi) is 5.03. The van der Waals surface area contributed by atoms with Crippen molar-refractivity contribution < 1.29 is 4.79 Å². The van der Waals surface area contributed by atoms with Crippen molar-refractivity contribution in [3.8, 4) is 0 Å². The van der Waals surface area contributed by atoms with Crippen LogP contribution in [0.4, 0.5) is 5.69 Å². The predicted octanol–water partition coefficient (Wildman–Crippen LogP) is 5.09. The van der Waals surface area contributed by atoms with Gasteiger partial charge in [0.1, 0.15) is 0 Å². The van der Waals surface area contributed by atoms with E-state index in [4.69, 9.17) is 11.6 Å². The number of rotatable bonds is 4. The number of halogens is 1. The number of nitrogens with one attached hydrogen (secondary N) is 1. The summed E-state index contributed by atoms with van der Waals surface area (Å²) in [4.78, 5) is 12.2. The topological polar surface area (TPSA) is 29.1 Å². The summed E-state index contributed by atoms with van der Waals surface area (Å²) in [5.41, 5.74) is 3.96. The highest BCUT2D eigenvalue weighted by Crippen LogP contribution is 2.28. The number of hydrogen-bond acceptors (Lipinski definition) is 1. The minimum absolute atomic E-state index is 0.0137. The van der Waals surface area contributed by atoms with Crippen molar-refractivity contribution in [2.45, 2.75) is 33.1 Å². The van der Waals surface area contributed by atoms with Crippen LogP contribution < -0.4 is 5.32 Å². The van der Waals surface area contributed by atoms with Crippen LogP contribution in [-0.2, 0) is 4.79 Å². The summed E-state index contributed by atoms with van der Waals surface area (Å²) in [6.07, 6.45) is 0.438. The minimum atomic E-state index is -0.0137. The molecule has 0 bridgehead atoms. The first kappa shape index (κ1) is 15.6. The highest BCUT2D eigenvalue weighted by Gasteiger charge is 2.13. The third kappa shape index (κ3) is 4.08. The molecule has 21 heavy (non-hydrogen) atoms. The molecule has 0 heterocycles. The average molecular weight is 302 g/mol. The van der Waals surface area contributed by atoms with Gasteiger partial charge in [0.15, 0.2) is 0 Å². The van der Waals surface area contributed by atoms with Crippen LogP contribution in [0, 0.1) is 13.8 Å². The highest BCUT2D eigenvalue weighted by atomic mass is 35.5. The molecular weight excluding hydrogens is 282 g/mol. The largest absolute Gasteiger partial charge is 0.325 e. The Bertz CT molecular complexity index is 614. The quantitative estimate of drug-likeness (QED) is 0.837. The number of aryl methyl sites for hydroxylation is 2. The number of hydrogen-bond donors (Lipinski definition) is 1. The molecule has 1 atom stereocenters. The molecule has 2 aromatic rings. The molecule has 2 aromatic carbocycles. The average Bonchev–Trinajstić information content (AvgIpc) is 2.43.